The summed E-state index contributed by atoms with van der Waals surface area (Å²) in [5, 5.41) is 5.67. The third-order valence-corrected chi connectivity index (χ3v) is 5.45. The van der Waals surface area contributed by atoms with Gasteiger partial charge in [-0.1, -0.05) is 29.8 Å². The Kier molecular flexibility index (Phi) is 7.05. The number of halogens is 2. The number of likely N-dealkylation sites (tertiary alicyclic amines) is 1. The van der Waals surface area contributed by atoms with Crippen molar-refractivity contribution in [1.82, 2.24) is 10.2 Å². The summed E-state index contributed by atoms with van der Waals surface area (Å²) in [6.45, 7) is 3.09. The highest BCUT2D eigenvalue weighted by atomic mass is 35.5. The molecule has 0 bridgehead atoms. The molecule has 2 N–H and O–H groups in total. The van der Waals surface area contributed by atoms with Gasteiger partial charge in [0.25, 0.3) is 5.91 Å². The number of amides is 3. The molecule has 0 saturated carbocycles. The average Bonchev–Trinajstić information content (AvgIpc) is 2.74. The molecular formula is C22H23ClFN3O3. The molecule has 1 saturated heterocycles. The lowest BCUT2D eigenvalue weighted by Gasteiger charge is -2.32. The second-order valence-electron chi connectivity index (χ2n) is 7.34. The molecule has 0 atom stereocenters. The van der Waals surface area contributed by atoms with Crippen molar-refractivity contribution in [2.24, 2.45) is 5.92 Å². The number of piperidine rings is 1. The predicted octanol–water partition coefficient (Wildman–Crippen LogP) is 3.39. The Labute approximate surface area is 179 Å². The summed E-state index contributed by atoms with van der Waals surface area (Å²) in [5.74, 6) is -2.20. The van der Waals surface area contributed by atoms with Crippen molar-refractivity contribution in [3.05, 3.63) is 64.4 Å². The van der Waals surface area contributed by atoms with E-state index in [0.29, 0.717) is 43.2 Å². The van der Waals surface area contributed by atoms with Crippen molar-refractivity contribution in [2.45, 2.75) is 19.8 Å². The number of aryl methyl sites for hydroxylation is 1. The molecule has 6 nitrogen and oxygen atoms in total. The van der Waals surface area contributed by atoms with Crippen LogP contribution in [0.2, 0.25) is 5.02 Å². The smallest absolute Gasteiger partial charge is 0.313 e. The SMILES string of the molecule is Cc1ccc(Cl)cc1NC(=O)C(=O)NCC1CCN(C(=O)c2ccccc2F)CC1. The third-order valence-electron chi connectivity index (χ3n) is 5.21. The van der Waals surface area contributed by atoms with E-state index in [-0.39, 0.29) is 17.4 Å². The number of nitrogens with zero attached hydrogens (tertiary/aromatic N) is 1. The molecule has 3 rings (SSSR count). The quantitative estimate of drug-likeness (QED) is 0.728. The van der Waals surface area contributed by atoms with Crippen LogP contribution in [0.5, 0.6) is 0 Å². The van der Waals surface area contributed by atoms with Gasteiger partial charge in [0.2, 0.25) is 0 Å². The molecule has 30 heavy (non-hydrogen) atoms. The monoisotopic (exact) mass is 431 g/mol. The van der Waals surface area contributed by atoms with Gasteiger partial charge < -0.3 is 15.5 Å². The molecule has 2 aromatic carbocycles. The minimum absolute atomic E-state index is 0.0669. The van der Waals surface area contributed by atoms with E-state index in [1.54, 1.807) is 42.2 Å². The van der Waals surface area contributed by atoms with E-state index >= 15 is 0 Å². The summed E-state index contributed by atoms with van der Waals surface area (Å²) in [6.07, 6.45) is 1.32. The number of carbonyl (C=O) groups is 3. The first-order chi connectivity index (χ1) is 14.3. The van der Waals surface area contributed by atoms with Crippen LogP contribution in [0.25, 0.3) is 0 Å². The highest BCUT2D eigenvalue weighted by Crippen LogP contribution is 2.21. The van der Waals surface area contributed by atoms with Crippen molar-refractivity contribution in [3.63, 3.8) is 0 Å². The highest BCUT2D eigenvalue weighted by molar-refractivity contribution is 6.40. The maximum atomic E-state index is 13.8. The molecule has 1 aliphatic rings. The summed E-state index contributed by atoms with van der Waals surface area (Å²) in [7, 11) is 0. The van der Waals surface area contributed by atoms with Gasteiger partial charge >= 0.3 is 11.8 Å². The first-order valence-electron chi connectivity index (χ1n) is 9.74. The third kappa shape index (κ3) is 5.36. The van der Waals surface area contributed by atoms with Crippen molar-refractivity contribution in [2.75, 3.05) is 25.0 Å². The largest absolute Gasteiger partial charge is 0.348 e. The van der Waals surface area contributed by atoms with Crippen LogP contribution in [0.15, 0.2) is 42.5 Å². The maximum Gasteiger partial charge on any atom is 0.313 e. The molecule has 0 aromatic heterocycles. The van der Waals surface area contributed by atoms with E-state index in [2.05, 4.69) is 10.6 Å². The average molecular weight is 432 g/mol. The summed E-state index contributed by atoms with van der Waals surface area (Å²) in [5.41, 5.74) is 1.35. The van der Waals surface area contributed by atoms with Crippen molar-refractivity contribution >= 4 is 35.0 Å². The standard InChI is InChI=1S/C22H23ClFN3O3/c1-14-6-7-16(23)12-19(14)26-21(29)20(28)25-13-15-8-10-27(11-9-15)22(30)17-4-2-3-5-18(17)24/h2-7,12,15H,8-11,13H2,1H3,(H,25,28)(H,26,29). The predicted molar refractivity (Wildman–Crippen MR) is 113 cm³/mol. The van der Waals surface area contributed by atoms with Crippen LogP contribution in [-0.4, -0.2) is 42.3 Å². The lowest BCUT2D eigenvalue weighted by atomic mass is 9.96. The molecule has 2 aromatic rings. The Balaban J connectivity index is 1.45. The summed E-state index contributed by atoms with van der Waals surface area (Å²) in [4.78, 5) is 38.3. The number of hydrogen-bond acceptors (Lipinski definition) is 3. The summed E-state index contributed by atoms with van der Waals surface area (Å²) < 4.78 is 13.8. The maximum absolute atomic E-state index is 13.8. The second-order valence-corrected chi connectivity index (χ2v) is 7.78. The van der Waals surface area contributed by atoms with Gasteiger partial charge in [-0.25, -0.2) is 4.39 Å². The Hall–Kier alpha value is -2.93. The van der Waals surface area contributed by atoms with Gasteiger partial charge in [-0.3, -0.25) is 14.4 Å². The lowest BCUT2D eigenvalue weighted by Crippen LogP contribution is -2.43. The van der Waals surface area contributed by atoms with Gasteiger partial charge in [-0.15, -0.1) is 0 Å². The molecule has 1 heterocycles. The first kappa shape index (κ1) is 21.8. The van der Waals surface area contributed by atoms with Crippen LogP contribution in [-0.2, 0) is 9.59 Å². The van der Waals surface area contributed by atoms with Gasteiger partial charge in [-0.05, 0) is 55.5 Å². The minimum atomic E-state index is -0.757. The van der Waals surface area contributed by atoms with E-state index < -0.39 is 17.6 Å². The Morgan fingerprint density at radius 3 is 2.50 bits per heavy atom. The molecule has 8 heteroatoms. The zero-order chi connectivity index (χ0) is 21.7. The van der Waals surface area contributed by atoms with Crippen LogP contribution in [0, 0.1) is 18.7 Å². The van der Waals surface area contributed by atoms with Crippen molar-refractivity contribution in [1.29, 1.82) is 0 Å². The Morgan fingerprint density at radius 1 is 1.10 bits per heavy atom. The summed E-state index contributed by atoms with van der Waals surface area (Å²) >= 11 is 5.92. The van der Waals surface area contributed by atoms with E-state index in [1.165, 1.54) is 12.1 Å². The molecular weight excluding hydrogens is 409 g/mol. The van der Waals surface area contributed by atoms with Crippen LogP contribution in [0.4, 0.5) is 10.1 Å². The fourth-order valence-corrected chi connectivity index (χ4v) is 3.54. The highest BCUT2D eigenvalue weighted by Gasteiger charge is 2.26. The molecule has 0 radical (unpaired) electrons. The van der Waals surface area contributed by atoms with Gasteiger partial charge in [0, 0.05) is 30.3 Å². The van der Waals surface area contributed by atoms with E-state index in [0.717, 1.165) is 5.56 Å². The van der Waals surface area contributed by atoms with Crippen LogP contribution >= 0.6 is 11.6 Å². The number of rotatable bonds is 4. The van der Waals surface area contributed by atoms with Crippen molar-refractivity contribution in [3.8, 4) is 0 Å². The number of nitrogens with one attached hydrogen (secondary N) is 2. The Morgan fingerprint density at radius 2 is 1.80 bits per heavy atom. The second kappa shape index (κ2) is 9.71. The normalized spacial score (nSPS) is 14.3. The molecule has 1 aliphatic heterocycles. The van der Waals surface area contributed by atoms with Crippen LogP contribution in [0.1, 0.15) is 28.8 Å². The topological polar surface area (TPSA) is 78.5 Å². The molecule has 0 spiro atoms. The van der Waals surface area contributed by atoms with Gasteiger partial charge in [-0.2, -0.15) is 0 Å². The minimum Gasteiger partial charge on any atom is -0.348 e. The molecule has 0 aliphatic carbocycles. The van der Waals surface area contributed by atoms with Crippen molar-refractivity contribution < 1.29 is 18.8 Å². The first-order valence-corrected chi connectivity index (χ1v) is 10.1. The fourth-order valence-electron chi connectivity index (χ4n) is 3.37. The fraction of sp³-hybridized carbons (Fsp3) is 0.318. The molecule has 158 valence electrons. The number of anilines is 1. The Bertz CT molecular complexity index is 958. The van der Waals surface area contributed by atoms with Gasteiger partial charge in [0.1, 0.15) is 5.82 Å². The molecule has 1 fully saturated rings. The number of carbonyl (C=O) groups excluding carboxylic acids is 3. The molecule has 3 amide bonds. The van der Waals surface area contributed by atoms with Gasteiger partial charge in [0.15, 0.2) is 0 Å². The summed E-state index contributed by atoms with van der Waals surface area (Å²) in [6, 6.07) is 11.0. The van der Waals surface area contributed by atoms with Crippen LogP contribution < -0.4 is 10.6 Å². The van der Waals surface area contributed by atoms with Crippen LogP contribution in [0.3, 0.4) is 0 Å². The van der Waals surface area contributed by atoms with E-state index in [1.807, 2.05) is 0 Å². The lowest BCUT2D eigenvalue weighted by molar-refractivity contribution is -0.136. The zero-order valence-corrected chi connectivity index (χ0v) is 17.3. The molecule has 0 unspecified atom stereocenters. The number of hydrogen-bond donors (Lipinski definition) is 2. The zero-order valence-electron chi connectivity index (χ0n) is 16.6. The van der Waals surface area contributed by atoms with E-state index in [4.69, 9.17) is 11.6 Å². The number of benzene rings is 2. The van der Waals surface area contributed by atoms with E-state index in [9.17, 15) is 18.8 Å². The van der Waals surface area contributed by atoms with Gasteiger partial charge in [0.05, 0.1) is 5.56 Å².